The fourth-order valence-corrected chi connectivity index (χ4v) is 2.86. The van der Waals surface area contributed by atoms with Crippen molar-refractivity contribution in [3.05, 3.63) is 39.8 Å². The van der Waals surface area contributed by atoms with Crippen LogP contribution in [0.25, 0.3) is 0 Å². The van der Waals surface area contributed by atoms with Gasteiger partial charge in [0.1, 0.15) is 23.1 Å². The molecule has 0 unspecified atom stereocenters. The van der Waals surface area contributed by atoms with Crippen LogP contribution in [-0.4, -0.2) is 18.6 Å². The van der Waals surface area contributed by atoms with E-state index >= 15 is 0 Å². The van der Waals surface area contributed by atoms with Gasteiger partial charge in [-0.15, -0.1) is 11.3 Å². The van der Waals surface area contributed by atoms with Gasteiger partial charge in [-0.1, -0.05) is 6.92 Å². The van der Waals surface area contributed by atoms with Crippen molar-refractivity contribution in [2.75, 3.05) is 13.7 Å². The summed E-state index contributed by atoms with van der Waals surface area (Å²) in [6.07, 6.45) is 1.14. The highest BCUT2D eigenvalue weighted by molar-refractivity contribution is 7.11. The maximum atomic E-state index is 5.76. The first-order valence-corrected chi connectivity index (χ1v) is 7.97. The molecule has 5 heteroatoms. The predicted molar refractivity (Wildman–Crippen MR) is 86.2 cm³/mol. The number of hydrogen-bond donors (Lipinski definition) is 1. The smallest absolute Gasteiger partial charge is 0.140 e. The first kappa shape index (κ1) is 15.8. The molecule has 0 fully saturated rings. The van der Waals surface area contributed by atoms with Gasteiger partial charge in [0, 0.05) is 11.4 Å². The van der Waals surface area contributed by atoms with Crippen LogP contribution in [0, 0.1) is 6.92 Å². The lowest BCUT2D eigenvalue weighted by Crippen LogP contribution is -2.13. The van der Waals surface area contributed by atoms with Crippen LogP contribution in [0.15, 0.2) is 24.3 Å². The molecule has 0 atom stereocenters. The van der Waals surface area contributed by atoms with Crippen LogP contribution in [0.1, 0.15) is 28.9 Å². The van der Waals surface area contributed by atoms with Crippen molar-refractivity contribution in [1.29, 1.82) is 0 Å². The Labute approximate surface area is 130 Å². The van der Waals surface area contributed by atoms with Crippen molar-refractivity contribution in [3.8, 4) is 11.5 Å². The number of rotatable bonds is 8. The lowest BCUT2D eigenvalue weighted by molar-refractivity contribution is 0.304. The highest BCUT2D eigenvalue weighted by Crippen LogP contribution is 2.21. The van der Waals surface area contributed by atoms with Crippen LogP contribution < -0.4 is 14.8 Å². The summed E-state index contributed by atoms with van der Waals surface area (Å²) >= 11 is 1.71. The second-order valence-corrected chi connectivity index (χ2v) is 5.93. The third-order valence-electron chi connectivity index (χ3n) is 3.07. The Balaban J connectivity index is 1.89. The monoisotopic (exact) mass is 306 g/mol. The molecule has 0 aliphatic carbocycles. The van der Waals surface area contributed by atoms with Crippen LogP contribution in [0.2, 0.25) is 0 Å². The average molecular weight is 306 g/mol. The summed E-state index contributed by atoms with van der Waals surface area (Å²) in [5.41, 5.74) is 1.09. The maximum absolute atomic E-state index is 5.76. The van der Waals surface area contributed by atoms with Crippen LogP contribution in [0.4, 0.5) is 0 Å². The van der Waals surface area contributed by atoms with Gasteiger partial charge in [-0.3, -0.25) is 0 Å². The van der Waals surface area contributed by atoms with Gasteiger partial charge < -0.3 is 14.8 Å². The topological polar surface area (TPSA) is 43.4 Å². The number of aryl methyl sites for hydroxylation is 1. The third kappa shape index (κ3) is 4.72. The second kappa shape index (κ2) is 8.00. The second-order valence-electron chi connectivity index (χ2n) is 4.76. The van der Waals surface area contributed by atoms with Gasteiger partial charge in [-0.2, -0.15) is 0 Å². The lowest BCUT2D eigenvalue weighted by Gasteiger charge is -2.05. The normalized spacial score (nSPS) is 10.6. The molecule has 1 N–H and O–H groups in total. The van der Waals surface area contributed by atoms with Crippen molar-refractivity contribution < 1.29 is 9.47 Å². The molecule has 1 aromatic heterocycles. The lowest BCUT2D eigenvalue weighted by atomic mass is 10.3. The van der Waals surface area contributed by atoms with Gasteiger partial charge in [-0.25, -0.2) is 4.98 Å². The standard InChI is InChI=1S/C16H22N2O2S/c1-4-9-17-10-15-12(2)18-16(21-15)11-20-14-7-5-13(19-3)6-8-14/h5-8,17H,4,9-11H2,1-3H3. The molecule has 0 saturated carbocycles. The Bertz CT molecular complexity index is 552. The zero-order valence-corrected chi connectivity index (χ0v) is 13.6. The van der Waals surface area contributed by atoms with Crippen molar-refractivity contribution in [1.82, 2.24) is 10.3 Å². The zero-order valence-electron chi connectivity index (χ0n) is 12.8. The number of nitrogens with zero attached hydrogens (tertiary/aromatic N) is 1. The van der Waals surface area contributed by atoms with E-state index in [9.17, 15) is 0 Å². The minimum atomic E-state index is 0.506. The van der Waals surface area contributed by atoms with E-state index in [2.05, 4.69) is 24.1 Å². The molecule has 0 bridgehead atoms. The van der Waals surface area contributed by atoms with E-state index in [0.717, 1.165) is 41.7 Å². The van der Waals surface area contributed by atoms with E-state index in [1.807, 2.05) is 24.3 Å². The van der Waals surface area contributed by atoms with E-state index in [0.29, 0.717) is 6.61 Å². The molecule has 2 rings (SSSR count). The van der Waals surface area contributed by atoms with Gasteiger partial charge in [0.15, 0.2) is 0 Å². The number of methoxy groups -OCH3 is 1. The Kier molecular flexibility index (Phi) is 6.02. The molecule has 0 aliphatic rings. The SMILES string of the molecule is CCCNCc1sc(COc2ccc(OC)cc2)nc1C. The summed E-state index contributed by atoms with van der Waals surface area (Å²) < 4.78 is 10.9. The van der Waals surface area contributed by atoms with Crippen molar-refractivity contribution in [2.24, 2.45) is 0 Å². The average Bonchev–Trinajstić information content (AvgIpc) is 2.86. The molecule has 114 valence electrons. The molecular formula is C16H22N2O2S. The molecule has 0 saturated heterocycles. The molecule has 0 amide bonds. The molecule has 21 heavy (non-hydrogen) atoms. The van der Waals surface area contributed by atoms with Crippen LogP contribution in [0.3, 0.4) is 0 Å². The van der Waals surface area contributed by atoms with Gasteiger partial charge >= 0.3 is 0 Å². The van der Waals surface area contributed by atoms with Gasteiger partial charge in [0.05, 0.1) is 12.8 Å². The summed E-state index contributed by atoms with van der Waals surface area (Å²) in [6, 6.07) is 7.59. The maximum Gasteiger partial charge on any atom is 0.140 e. The number of benzene rings is 1. The first-order chi connectivity index (χ1) is 10.2. The van der Waals surface area contributed by atoms with Gasteiger partial charge in [0.25, 0.3) is 0 Å². The Morgan fingerprint density at radius 3 is 2.57 bits per heavy atom. The zero-order chi connectivity index (χ0) is 15.1. The number of hydrogen-bond acceptors (Lipinski definition) is 5. The quantitative estimate of drug-likeness (QED) is 0.758. The molecule has 0 radical (unpaired) electrons. The van der Waals surface area contributed by atoms with E-state index in [1.54, 1.807) is 18.4 Å². The van der Waals surface area contributed by atoms with E-state index in [4.69, 9.17) is 9.47 Å². The highest BCUT2D eigenvalue weighted by atomic mass is 32.1. The molecule has 1 heterocycles. The van der Waals surface area contributed by atoms with E-state index in [1.165, 1.54) is 4.88 Å². The molecule has 2 aromatic rings. The molecule has 4 nitrogen and oxygen atoms in total. The minimum Gasteiger partial charge on any atom is -0.497 e. The van der Waals surface area contributed by atoms with E-state index < -0.39 is 0 Å². The molecule has 0 spiro atoms. The highest BCUT2D eigenvalue weighted by Gasteiger charge is 2.08. The molecule has 0 aliphatic heterocycles. The molecule has 1 aromatic carbocycles. The largest absolute Gasteiger partial charge is 0.497 e. The van der Waals surface area contributed by atoms with Crippen LogP contribution in [-0.2, 0) is 13.2 Å². The number of ether oxygens (including phenoxy) is 2. The summed E-state index contributed by atoms with van der Waals surface area (Å²) in [7, 11) is 1.66. The summed E-state index contributed by atoms with van der Waals surface area (Å²) in [5.74, 6) is 1.66. The van der Waals surface area contributed by atoms with E-state index in [-0.39, 0.29) is 0 Å². The first-order valence-electron chi connectivity index (χ1n) is 7.15. The van der Waals surface area contributed by atoms with Crippen molar-refractivity contribution >= 4 is 11.3 Å². The van der Waals surface area contributed by atoms with Crippen LogP contribution in [0.5, 0.6) is 11.5 Å². The predicted octanol–water partition coefficient (Wildman–Crippen LogP) is 3.54. The van der Waals surface area contributed by atoms with Gasteiger partial charge in [-0.05, 0) is 44.2 Å². The Morgan fingerprint density at radius 1 is 1.19 bits per heavy atom. The fraction of sp³-hybridized carbons (Fsp3) is 0.438. The third-order valence-corrected chi connectivity index (χ3v) is 4.20. The minimum absolute atomic E-state index is 0.506. The Morgan fingerprint density at radius 2 is 1.90 bits per heavy atom. The van der Waals surface area contributed by atoms with Crippen LogP contribution >= 0.6 is 11.3 Å². The number of nitrogens with one attached hydrogen (secondary N) is 1. The van der Waals surface area contributed by atoms with Crippen molar-refractivity contribution in [3.63, 3.8) is 0 Å². The Hall–Kier alpha value is -1.59. The number of aromatic nitrogens is 1. The fourth-order valence-electron chi connectivity index (χ4n) is 1.91. The van der Waals surface area contributed by atoms with Gasteiger partial charge in [0.2, 0.25) is 0 Å². The summed E-state index contributed by atoms with van der Waals surface area (Å²) in [5, 5.41) is 4.42. The van der Waals surface area contributed by atoms with Crippen molar-refractivity contribution in [2.45, 2.75) is 33.4 Å². The number of thiazole rings is 1. The summed E-state index contributed by atoms with van der Waals surface area (Å²) in [6.45, 7) is 6.65. The summed E-state index contributed by atoms with van der Waals surface area (Å²) in [4.78, 5) is 5.86. The molecular weight excluding hydrogens is 284 g/mol.